The number of rotatable bonds is 5. The van der Waals surface area contributed by atoms with Gasteiger partial charge in [-0.05, 0) is 53.4 Å². The molecule has 0 saturated heterocycles. The monoisotopic (exact) mass is 446 g/mol. The topological polar surface area (TPSA) is 59.1 Å². The van der Waals surface area contributed by atoms with E-state index in [2.05, 4.69) is 4.90 Å². The van der Waals surface area contributed by atoms with Crippen molar-refractivity contribution in [3.8, 4) is 11.5 Å². The maximum absolute atomic E-state index is 13.7. The molecule has 168 valence electrons. The van der Waals surface area contributed by atoms with Gasteiger partial charge in [-0.1, -0.05) is 30.3 Å². The Morgan fingerprint density at radius 2 is 1.70 bits per heavy atom. The molecule has 3 aromatic carbocycles. The smallest absolute Gasteiger partial charge is 0.300 e. The van der Waals surface area contributed by atoms with Crippen molar-refractivity contribution >= 4 is 17.4 Å². The van der Waals surface area contributed by atoms with Crippen molar-refractivity contribution in [1.29, 1.82) is 0 Å². The summed E-state index contributed by atoms with van der Waals surface area (Å²) in [5, 5.41) is 0. The average Bonchev–Trinajstić information content (AvgIpc) is 3.07. The second kappa shape index (κ2) is 8.33. The van der Waals surface area contributed by atoms with E-state index >= 15 is 0 Å². The van der Waals surface area contributed by atoms with Crippen LogP contribution in [0.3, 0.4) is 0 Å². The molecule has 0 aliphatic carbocycles. The van der Waals surface area contributed by atoms with Crippen molar-refractivity contribution < 1.29 is 23.5 Å². The van der Waals surface area contributed by atoms with Crippen LogP contribution in [-0.4, -0.2) is 44.0 Å². The number of ether oxygens (including phenoxy) is 2. The van der Waals surface area contributed by atoms with E-state index in [1.165, 1.54) is 17.0 Å². The molecule has 0 aromatic heterocycles. The van der Waals surface area contributed by atoms with Gasteiger partial charge >= 0.3 is 5.91 Å². The van der Waals surface area contributed by atoms with Crippen LogP contribution in [0.25, 0.3) is 0 Å². The quantitative estimate of drug-likeness (QED) is 0.555. The van der Waals surface area contributed by atoms with Gasteiger partial charge in [0.15, 0.2) is 11.5 Å². The van der Waals surface area contributed by atoms with E-state index in [0.29, 0.717) is 23.7 Å². The molecule has 2 aliphatic heterocycles. The molecule has 0 saturated carbocycles. The summed E-state index contributed by atoms with van der Waals surface area (Å²) in [5.41, 5.74) is 3.81. The van der Waals surface area contributed by atoms with Crippen LogP contribution < -0.4 is 14.4 Å². The first kappa shape index (κ1) is 21.2. The number of hydrogen-bond acceptors (Lipinski definition) is 5. The fourth-order valence-corrected chi connectivity index (χ4v) is 4.77. The Morgan fingerprint density at radius 1 is 0.970 bits per heavy atom. The molecule has 0 bridgehead atoms. The summed E-state index contributed by atoms with van der Waals surface area (Å²) in [6.45, 7) is 0.868. The lowest BCUT2D eigenvalue weighted by Gasteiger charge is -2.40. The number of fused-ring (bicyclic) bond motifs is 2. The van der Waals surface area contributed by atoms with E-state index in [1.807, 2.05) is 42.5 Å². The zero-order valence-corrected chi connectivity index (χ0v) is 18.4. The standard InChI is InChI=1S/C26H23FN2O4/c1-32-22-12-17-10-11-28(15-29-21-9-8-18(27)13-20(21)25(30)26(29)31)24(16-6-4-3-5-7-16)19(17)14-23(22)33-2/h3-9,12-14,24H,10-11,15H2,1-2H3. The molecule has 7 heteroatoms. The van der Waals surface area contributed by atoms with E-state index in [4.69, 9.17) is 9.47 Å². The van der Waals surface area contributed by atoms with Crippen molar-refractivity contribution in [2.75, 3.05) is 32.3 Å². The Kier molecular flexibility index (Phi) is 5.34. The Balaban J connectivity index is 1.57. The van der Waals surface area contributed by atoms with Gasteiger partial charge in [-0.25, -0.2) is 4.39 Å². The van der Waals surface area contributed by atoms with Crippen molar-refractivity contribution in [3.05, 3.63) is 88.7 Å². The van der Waals surface area contributed by atoms with Gasteiger partial charge in [0, 0.05) is 6.54 Å². The maximum Gasteiger partial charge on any atom is 0.300 e. The average molecular weight is 446 g/mol. The summed E-state index contributed by atoms with van der Waals surface area (Å²) in [6, 6.07) is 17.7. The maximum atomic E-state index is 13.7. The highest BCUT2D eigenvalue weighted by Gasteiger charge is 2.39. The van der Waals surface area contributed by atoms with Gasteiger partial charge in [0.2, 0.25) is 0 Å². The minimum Gasteiger partial charge on any atom is -0.493 e. The number of ketones is 1. The molecular formula is C26H23FN2O4. The number of benzene rings is 3. The highest BCUT2D eigenvalue weighted by Crippen LogP contribution is 2.41. The molecule has 1 atom stereocenters. The highest BCUT2D eigenvalue weighted by atomic mass is 19.1. The summed E-state index contributed by atoms with van der Waals surface area (Å²) in [4.78, 5) is 28.9. The van der Waals surface area contributed by atoms with Crippen LogP contribution in [0.1, 0.15) is 33.1 Å². The van der Waals surface area contributed by atoms with Crippen molar-refractivity contribution in [2.24, 2.45) is 0 Å². The highest BCUT2D eigenvalue weighted by molar-refractivity contribution is 6.52. The first-order valence-electron chi connectivity index (χ1n) is 10.7. The lowest BCUT2D eigenvalue weighted by Crippen LogP contribution is -2.45. The SMILES string of the molecule is COc1cc2c(cc1OC)C(c1ccccc1)N(CN1C(=O)C(=O)c3cc(F)ccc31)CC2. The summed E-state index contributed by atoms with van der Waals surface area (Å²) >= 11 is 0. The molecule has 0 spiro atoms. The molecule has 3 aromatic rings. The zero-order valence-electron chi connectivity index (χ0n) is 18.4. The number of nitrogens with zero attached hydrogens (tertiary/aromatic N) is 2. The third-order valence-corrected chi connectivity index (χ3v) is 6.35. The van der Waals surface area contributed by atoms with Crippen molar-refractivity contribution in [3.63, 3.8) is 0 Å². The zero-order chi connectivity index (χ0) is 23.1. The van der Waals surface area contributed by atoms with Gasteiger partial charge in [-0.15, -0.1) is 0 Å². The predicted molar refractivity (Wildman–Crippen MR) is 121 cm³/mol. The van der Waals surface area contributed by atoms with Crippen molar-refractivity contribution in [1.82, 2.24) is 4.90 Å². The van der Waals surface area contributed by atoms with Gasteiger partial charge in [0.1, 0.15) is 5.82 Å². The normalized spacial score (nSPS) is 17.7. The van der Waals surface area contributed by atoms with Gasteiger partial charge in [0.25, 0.3) is 5.78 Å². The molecule has 1 amide bonds. The molecule has 0 N–H and O–H groups in total. The minimum atomic E-state index is -0.676. The Bertz CT molecular complexity index is 1240. The summed E-state index contributed by atoms with van der Waals surface area (Å²) in [7, 11) is 3.22. The van der Waals surface area contributed by atoms with Crippen LogP contribution in [0.15, 0.2) is 60.7 Å². The van der Waals surface area contributed by atoms with Gasteiger partial charge < -0.3 is 9.47 Å². The van der Waals surface area contributed by atoms with Gasteiger partial charge in [-0.2, -0.15) is 0 Å². The minimum absolute atomic E-state index is 0.111. The molecule has 5 rings (SSSR count). The fourth-order valence-electron chi connectivity index (χ4n) is 4.77. The van der Waals surface area contributed by atoms with E-state index in [0.717, 1.165) is 29.2 Å². The van der Waals surface area contributed by atoms with E-state index in [1.54, 1.807) is 14.2 Å². The van der Waals surface area contributed by atoms with E-state index in [9.17, 15) is 14.0 Å². The van der Waals surface area contributed by atoms with Gasteiger partial charge in [0.05, 0.1) is 38.2 Å². The molecule has 6 nitrogen and oxygen atoms in total. The Labute approximate surface area is 191 Å². The van der Waals surface area contributed by atoms with Gasteiger partial charge in [-0.3, -0.25) is 19.4 Å². The van der Waals surface area contributed by atoms with Crippen LogP contribution in [0.2, 0.25) is 0 Å². The predicted octanol–water partition coefficient (Wildman–Crippen LogP) is 3.98. The lowest BCUT2D eigenvalue weighted by molar-refractivity contribution is -0.114. The molecule has 2 heterocycles. The molecule has 0 radical (unpaired) electrons. The summed E-state index contributed by atoms with van der Waals surface area (Å²) < 4.78 is 24.8. The number of carbonyl (C=O) groups excluding carboxylic acids is 2. The van der Waals surface area contributed by atoms with E-state index < -0.39 is 17.5 Å². The Morgan fingerprint density at radius 3 is 2.42 bits per heavy atom. The number of methoxy groups -OCH3 is 2. The second-order valence-corrected chi connectivity index (χ2v) is 8.15. The van der Waals surface area contributed by atoms with Crippen LogP contribution in [0, 0.1) is 5.82 Å². The van der Waals surface area contributed by atoms with Crippen LogP contribution in [0.4, 0.5) is 10.1 Å². The Hall–Kier alpha value is -3.71. The lowest BCUT2D eigenvalue weighted by atomic mass is 9.88. The summed E-state index contributed by atoms with van der Waals surface area (Å²) in [5.74, 6) is -0.544. The fraction of sp³-hybridized carbons (Fsp3) is 0.231. The third-order valence-electron chi connectivity index (χ3n) is 6.35. The molecule has 33 heavy (non-hydrogen) atoms. The first-order chi connectivity index (χ1) is 16.0. The number of anilines is 1. The molecule has 2 aliphatic rings. The number of carbonyl (C=O) groups is 2. The molecule has 1 unspecified atom stereocenters. The number of Topliss-reactive ketones (excluding diaryl/α,β-unsaturated/α-hetero) is 1. The molecular weight excluding hydrogens is 423 g/mol. The van der Waals surface area contributed by atoms with Crippen molar-refractivity contribution in [2.45, 2.75) is 12.5 Å². The third kappa shape index (κ3) is 3.54. The number of hydrogen-bond donors (Lipinski definition) is 0. The van der Waals surface area contributed by atoms with Crippen LogP contribution in [-0.2, 0) is 11.2 Å². The number of halogens is 1. The summed E-state index contributed by atoms with van der Waals surface area (Å²) in [6.07, 6.45) is 0.741. The van der Waals surface area contributed by atoms with Crippen LogP contribution in [0.5, 0.6) is 11.5 Å². The largest absolute Gasteiger partial charge is 0.493 e. The second-order valence-electron chi connectivity index (χ2n) is 8.15. The van der Waals surface area contributed by atoms with Crippen LogP contribution >= 0.6 is 0 Å². The molecule has 0 fully saturated rings. The van der Waals surface area contributed by atoms with E-state index in [-0.39, 0.29) is 18.3 Å². The number of amides is 1. The first-order valence-corrected chi connectivity index (χ1v) is 10.7.